The molecule has 0 fully saturated rings. The quantitative estimate of drug-likeness (QED) is 0.583. The minimum Gasteiger partial charge on any atom is -0.486 e. The number of rotatable bonds is 5. The Morgan fingerprint density at radius 1 is 0.871 bits per heavy atom. The van der Waals surface area contributed by atoms with Crippen LogP contribution in [0.4, 0.5) is 11.4 Å². The van der Waals surface area contributed by atoms with Gasteiger partial charge < -0.3 is 20.1 Å². The van der Waals surface area contributed by atoms with Crippen LogP contribution in [0.1, 0.15) is 28.8 Å². The van der Waals surface area contributed by atoms with Gasteiger partial charge in [0.05, 0.1) is 16.5 Å². The van der Waals surface area contributed by atoms with Crippen molar-refractivity contribution in [1.29, 1.82) is 0 Å². The number of fused-ring (bicyclic) bond motifs is 1. The van der Waals surface area contributed by atoms with E-state index in [1.807, 2.05) is 36.4 Å². The lowest BCUT2D eigenvalue weighted by Gasteiger charge is -2.20. The zero-order valence-corrected chi connectivity index (χ0v) is 17.6. The van der Waals surface area contributed by atoms with Crippen molar-refractivity contribution in [1.82, 2.24) is 0 Å². The molecule has 0 radical (unpaired) electrons. The number of ether oxygens (including phenoxy) is 2. The number of halogens is 1. The lowest BCUT2D eigenvalue weighted by atomic mass is 9.99. The monoisotopic (exact) mass is 436 g/mol. The number of anilines is 2. The second kappa shape index (κ2) is 9.10. The van der Waals surface area contributed by atoms with E-state index in [1.165, 1.54) is 0 Å². The van der Waals surface area contributed by atoms with E-state index >= 15 is 0 Å². The summed E-state index contributed by atoms with van der Waals surface area (Å²) in [6, 6.07) is 19.4. The van der Waals surface area contributed by atoms with Gasteiger partial charge in [-0.15, -0.1) is 0 Å². The average Bonchev–Trinajstić information content (AvgIpc) is 2.80. The number of carbonyl (C=O) groups is 2. The fourth-order valence-electron chi connectivity index (χ4n) is 3.23. The van der Waals surface area contributed by atoms with Crippen LogP contribution in [0.15, 0.2) is 66.7 Å². The maximum Gasteiger partial charge on any atom is 0.257 e. The third-order valence-corrected chi connectivity index (χ3v) is 5.30. The summed E-state index contributed by atoms with van der Waals surface area (Å²) in [4.78, 5) is 25.5. The molecule has 7 heteroatoms. The zero-order chi connectivity index (χ0) is 21.8. The smallest absolute Gasteiger partial charge is 0.257 e. The van der Waals surface area contributed by atoms with Crippen molar-refractivity contribution in [3.8, 4) is 11.5 Å². The van der Waals surface area contributed by atoms with Gasteiger partial charge in [0.15, 0.2) is 11.5 Å². The normalized spacial score (nSPS) is 13.2. The van der Waals surface area contributed by atoms with Gasteiger partial charge >= 0.3 is 0 Å². The van der Waals surface area contributed by atoms with Gasteiger partial charge in [0.2, 0.25) is 5.91 Å². The lowest BCUT2D eigenvalue weighted by molar-refractivity contribution is -0.117. The largest absolute Gasteiger partial charge is 0.486 e. The predicted molar refractivity (Wildman–Crippen MR) is 120 cm³/mol. The Kier molecular flexibility index (Phi) is 6.09. The van der Waals surface area contributed by atoms with Crippen molar-refractivity contribution in [3.05, 3.63) is 82.9 Å². The van der Waals surface area contributed by atoms with Crippen molar-refractivity contribution >= 4 is 34.8 Å². The minimum atomic E-state index is -0.437. The van der Waals surface area contributed by atoms with E-state index in [9.17, 15) is 9.59 Å². The molecule has 1 aliphatic rings. The molecule has 0 bridgehead atoms. The second-order valence-corrected chi connectivity index (χ2v) is 7.54. The highest BCUT2D eigenvalue weighted by Crippen LogP contribution is 2.33. The predicted octanol–water partition coefficient (Wildman–Crippen LogP) is 5.11. The molecule has 0 aromatic heterocycles. The molecule has 0 aliphatic carbocycles. The number of hydrogen-bond acceptors (Lipinski definition) is 4. The Balaban J connectivity index is 1.48. The molecule has 1 unspecified atom stereocenters. The average molecular weight is 437 g/mol. The number of hydrogen-bond donors (Lipinski definition) is 2. The van der Waals surface area contributed by atoms with E-state index in [2.05, 4.69) is 10.6 Å². The van der Waals surface area contributed by atoms with Crippen LogP contribution >= 0.6 is 11.6 Å². The summed E-state index contributed by atoms with van der Waals surface area (Å²) in [6.45, 7) is 2.80. The number of para-hydroxylation sites is 1. The minimum absolute atomic E-state index is 0.214. The van der Waals surface area contributed by atoms with Crippen LogP contribution in [-0.2, 0) is 4.79 Å². The molecule has 0 spiro atoms. The van der Waals surface area contributed by atoms with Gasteiger partial charge in [-0.1, -0.05) is 35.9 Å². The number of carbonyl (C=O) groups excluding carboxylic acids is 2. The molecule has 2 N–H and O–H groups in total. The Morgan fingerprint density at radius 2 is 1.61 bits per heavy atom. The van der Waals surface area contributed by atoms with Crippen molar-refractivity contribution in [2.75, 3.05) is 23.8 Å². The number of nitrogens with one attached hydrogen (secondary N) is 2. The zero-order valence-electron chi connectivity index (χ0n) is 16.9. The summed E-state index contributed by atoms with van der Waals surface area (Å²) in [5.41, 5.74) is 2.22. The van der Waals surface area contributed by atoms with Gasteiger partial charge in [-0.05, 0) is 55.0 Å². The van der Waals surface area contributed by atoms with Crippen LogP contribution in [0.25, 0.3) is 0 Å². The van der Waals surface area contributed by atoms with Crippen LogP contribution in [0, 0.1) is 0 Å². The van der Waals surface area contributed by atoms with Crippen LogP contribution in [0.3, 0.4) is 0 Å². The molecule has 4 rings (SSSR count). The Labute approximate surface area is 185 Å². The van der Waals surface area contributed by atoms with Crippen molar-refractivity contribution < 1.29 is 19.1 Å². The molecule has 0 saturated carbocycles. The first-order chi connectivity index (χ1) is 15.0. The van der Waals surface area contributed by atoms with Gasteiger partial charge in [-0.3, -0.25) is 9.59 Å². The highest BCUT2D eigenvalue weighted by Gasteiger charge is 2.20. The van der Waals surface area contributed by atoms with Gasteiger partial charge in [0.25, 0.3) is 5.91 Å². The summed E-state index contributed by atoms with van der Waals surface area (Å²) in [5, 5.41) is 5.95. The van der Waals surface area contributed by atoms with Crippen LogP contribution < -0.4 is 20.1 Å². The topological polar surface area (TPSA) is 76.7 Å². The molecule has 3 aromatic carbocycles. The fourth-order valence-corrected chi connectivity index (χ4v) is 3.43. The lowest BCUT2D eigenvalue weighted by Crippen LogP contribution is -2.20. The molecular formula is C24H21ClN2O4. The van der Waals surface area contributed by atoms with Crippen LogP contribution in [0.2, 0.25) is 5.02 Å². The van der Waals surface area contributed by atoms with Crippen LogP contribution in [0.5, 0.6) is 11.5 Å². The molecule has 1 aliphatic heterocycles. The van der Waals surface area contributed by atoms with Crippen molar-refractivity contribution in [2.45, 2.75) is 12.8 Å². The standard InChI is InChI=1S/C24H21ClN2O4/c1-15(16-7-10-21-22(13-16)31-12-11-30-21)23(28)27-18-8-9-20(25)19(14-18)24(29)26-17-5-3-2-4-6-17/h2-10,13-15H,11-12H2,1H3,(H,26,29)(H,27,28). The Hall–Kier alpha value is -3.51. The van der Waals surface area contributed by atoms with Gasteiger partial charge in [-0.2, -0.15) is 0 Å². The first-order valence-corrected chi connectivity index (χ1v) is 10.3. The molecular weight excluding hydrogens is 416 g/mol. The third kappa shape index (κ3) is 4.81. The SMILES string of the molecule is CC(C(=O)Nc1ccc(Cl)c(C(=O)Nc2ccccc2)c1)c1ccc2c(c1)OCCO2. The summed E-state index contributed by atoms with van der Waals surface area (Å²) < 4.78 is 11.1. The molecule has 6 nitrogen and oxygen atoms in total. The molecule has 2 amide bonds. The summed E-state index contributed by atoms with van der Waals surface area (Å²) in [6.07, 6.45) is 0. The molecule has 31 heavy (non-hydrogen) atoms. The van der Waals surface area contributed by atoms with Gasteiger partial charge in [0, 0.05) is 11.4 Å². The highest BCUT2D eigenvalue weighted by atomic mass is 35.5. The highest BCUT2D eigenvalue weighted by molar-refractivity contribution is 6.34. The fraction of sp³-hybridized carbons (Fsp3) is 0.167. The maximum atomic E-state index is 12.8. The molecule has 0 saturated heterocycles. The molecule has 1 heterocycles. The summed E-state index contributed by atoms with van der Waals surface area (Å²) in [5.74, 6) is 0.304. The Morgan fingerprint density at radius 3 is 2.39 bits per heavy atom. The molecule has 1 atom stereocenters. The van der Waals surface area contributed by atoms with Crippen LogP contribution in [-0.4, -0.2) is 25.0 Å². The van der Waals surface area contributed by atoms with Gasteiger partial charge in [-0.25, -0.2) is 0 Å². The maximum absolute atomic E-state index is 12.8. The first-order valence-electron chi connectivity index (χ1n) is 9.87. The van der Waals surface area contributed by atoms with E-state index in [1.54, 1.807) is 37.3 Å². The van der Waals surface area contributed by atoms with E-state index < -0.39 is 5.92 Å². The number of amides is 2. The van der Waals surface area contributed by atoms with E-state index in [4.69, 9.17) is 21.1 Å². The Bertz CT molecular complexity index is 1120. The van der Waals surface area contributed by atoms with E-state index in [0.29, 0.717) is 41.1 Å². The molecule has 3 aromatic rings. The van der Waals surface area contributed by atoms with Crippen molar-refractivity contribution in [2.24, 2.45) is 0 Å². The van der Waals surface area contributed by atoms with E-state index in [-0.39, 0.29) is 17.4 Å². The third-order valence-electron chi connectivity index (χ3n) is 4.97. The summed E-state index contributed by atoms with van der Waals surface area (Å²) in [7, 11) is 0. The number of benzene rings is 3. The second-order valence-electron chi connectivity index (χ2n) is 7.13. The van der Waals surface area contributed by atoms with Crippen molar-refractivity contribution in [3.63, 3.8) is 0 Å². The first kappa shape index (κ1) is 20.8. The molecule has 158 valence electrons. The summed E-state index contributed by atoms with van der Waals surface area (Å²) >= 11 is 6.22. The van der Waals surface area contributed by atoms with E-state index in [0.717, 1.165) is 5.56 Å². The van der Waals surface area contributed by atoms with Gasteiger partial charge in [0.1, 0.15) is 13.2 Å².